The molecule has 0 saturated heterocycles. The Morgan fingerprint density at radius 1 is 1.35 bits per heavy atom. The minimum absolute atomic E-state index is 0.0713. The van der Waals surface area contributed by atoms with Crippen molar-refractivity contribution in [3.63, 3.8) is 0 Å². The molecule has 122 valence electrons. The lowest BCUT2D eigenvalue weighted by Gasteiger charge is -2.07. The Balaban J connectivity index is 1.91. The van der Waals surface area contributed by atoms with Gasteiger partial charge in [-0.2, -0.15) is 4.98 Å². The molecule has 1 heterocycles. The number of benzene rings is 1. The molecule has 1 aromatic heterocycles. The summed E-state index contributed by atoms with van der Waals surface area (Å²) in [6, 6.07) is 6.24. The first kappa shape index (κ1) is 16.5. The number of aromatic nitrogens is 2. The summed E-state index contributed by atoms with van der Waals surface area (Å²) >= 11 is 0. The molecule has 0 fully saturated rings. The standard InChI is InChI=1S/C15H17N3O5/c1-9(15(20)21)16-12(19)7-8-13-17-14(18-23-13)10-3-5-11(22-2)6-4-10/h3-6,9H,7-8H2,1-2H3,(H,16,19)(H,20,21)/t9-/m0/s1. The molecule has 1 aromatic carbocycles. The molecule has 0 bridgehead atoms. The predicted octanol–water partition coefficient (Wildman–Crippen LogP) is 1.27. The number of nitrogens with zero attached hydrogens (tertiary/aromatic N) is 2. The third-order valence-corrected chi connectivity index (χ3v) is 3.13. The molecule has 2 N–H and O–H groups in total. The highest BCUT2D eigenvalue weighted by Gasteiger charge is 2.15. The number of hydrogen-bond acceptors (Lipinski definition) is 6. The van der Waals surface area contributed by atoms with Crippen LogP contribution < -0.4 is 10.1 Å². The van der Waals surface area contributed by atoms with Crippen LogP contribution in [0.15, 0.2) is 28.8 Å². The lowest BCUT2D eigenvalue weighted by molar-refractivity contribution is -0.141. The first-order chi connectivity index (χ1) is 11.0. The van der Waals surface area contributed by atoms with E-state index in [1.165, 1.54) is 6.92 Å². The van der Waals surface area contributed by atoms with Crippen LogP contribution in [0.25, 0.3) is 11.4 Å². The second-order valence-corrected chi connectivity index (χ2v) is 4.87. The van der Waals surface area contributed by atoms with Gasteiger partial charge in [-0.25, -0.2) is 0 Å². The van der Waals surface area contributed by atoms with Crippen molar-refractivity contribution < 1.29 is 24.0 Å². The Morgan fingerprint density at radius 2 is 2.04 bits per heavy atom. The van der Waals surface area contributed by atoms with E-state index in [9.17, 15) is 9.59 Å². The molecule has 0 saturated carbocycles. The average Bonchev–Trinajstić information content (AvgIpc) is 3.02. The molecule has 0 aliphatic heterocycles. The molecule has 2 aromatic rings. The van der Waals surface area contributed by atoms with Crippen LogP contribution in [0.5, 0.6) is 5.75 Å². The molecule has 2 rings (SSSR count). The highest BCUT2D eigenvalue weighted by atomic mass is 16.5. The van der Waals surface area contributed by atoms with E-state index in [1.807, 2.05) is 0 Å². The minimum Gasteiger partial charge on any atom is -0.497 e. The molecule has 0 radical (unpaired) electrons. The summed E-state index contributed by atoms with van der Waals surface area (Å²) < 4.78 is 10.2. The number of aliphatic carboxylic acids is 1. The molecule has 0 aliphatic carbocycles. The van der Waals surface area contributed by atoms with Crippen molar-refractivity contribution in [2.24, 2.45) is 0 Å². The van der Waals surface area contributed by atoms with Crippen molar-refractivity contribution in [2.75, 3.05) is 7.11 Å². The lowest BCUT2D eigenvalue weighted by Crippen LogP contribution is -2.38. The quantitative estimate of drug-likeness (QED) is 0.789. The number of carboxylic acids is 1. The summed E-state index contributed by atoms with van der Waals surface area (Å²) in [5.74, 6) is -0.0142. The Hall–Kier alpha value is -2.90. The summed E-state index contributed by atoms with van der Waals surface area (Å²) in [6.45, 7) is 1.40. The molecule has 1 amide bonds. The SMILES string of the molecule is COc1ccc(-c2noc(CCC(=O)N[C@@H](C)C(=O)O)n2)cc1. The predicted molar refractivity (Wildman–Crippen MR) is 79.8 cm³/mol. The largest absolute Gasteiger partial charge is 0.497 e. The summed E-state index contributed by atoms with van der Waals surface area (Å²) in [5, 5.41) is 14.9. The maximum absolute atomic E-state index is 11.6. The summed E-state index contributed by atoms with van der Waals surface area (Å²) in [6.07, 6.45) is 0.309. The van der Waals surface area contributed by atoms with Crippen molar-refractivity contribution in [3.8, 4) is 17.1 Å². The zero-order valence-corrected chi connectivity index (χ0v) is 12.8. The first-order valence-corrected chi connectivity index (χ1v) is 6.98. The minimum atomic E-state index is -1.09. The van der Waals surface area contributed by atoms with Crippen LogP contribution in [-0.2, 0) is 16.0 Å². The van der Waals surface area contributed by atoms with Gasteiger partial charge in [-0.15, -0.1) is 0 Å². The molecular formula is C15H17N3O5. The number of methoxy groups -OCH3 is 1. The molecule has 0 aliphatic rings. The number of rotatable bonds is 7. The zero-order chi connectivity index (χ0) is 16.8. The van der Waals surface area contributed by atoms with Crippen LogP contribution in [-0.4, -0.2) is 40.3 Å². The maximum atomic E-state index is 11.6. The Kier molecular flexibility index (Phi) is 5.29. The van der Waals surface area contributed by atoms with Crippen molar-refractivity contribution in [2.45, 2.75) is 25.8 Å². The third kappa shape index (κ3) is 4.53. The van der Waals surface area contributed by atoms with Gasteiger partial charge in [0.2, 0.25) is 17.6 Å². The van der Waals surface area contributed by atoms with Gasteiger partial charge >= 0.3 is 5.97 Å². The highest BCUT2D eigenvalue weighted by molar-refractivity contribution is 5.83. The smallest absolute Gasteiger partial charge is 0.325 e. The van der Waals surface area contributed by atoms with Crippen LogP contribution >= 0.6 is 0 Å². The number of carboxylic acid groups (broad SMARTS) is 1. The van der Waals surface area contributed by atoms with E-state index >= 15 is 0 Å². The number of nitrogens with one attached hydrogen (secondary N) is 1. The van der Waals surface area contributed by atoms with Gasteiger partial charge in [-0.05, 0) is 31.2 Å². The Morgan fingerprint density at radius 3 is 2.65 bits per heavy atom. The average molecular weight is 319 g/mol. The van der Waals surface area contributed by atoms with Crippen LogP contribution in [0.3, 0.4) is 0 Å². The molecule has 23 heavy (non-hydrogen) atoms. The molecule has 8 nitrogen and oxygen atoms in total. The Bertz CT molecular complexity index is 681. The number of carbonyl (C=O) groups is 2. The molecule has 0 spiro atoms. The van der Waals surface area contributed by atoms with Crippen molar-refractivity contribution in [1.29, 1.82) is 0 Å². The van der Waals surface area contributed by atoms with Gasteiger partial charge in [-0.3, -0.25) is 9.59 Å². The van der Waals surface area contributed by atoms with Crippen molar-refractivity contribution >= 4 is 11.9 Å². The lowest BCUT2D eigenvalue weighted by atomic mass is 10.2. The maximum Gasteiger partial charge on any atom is 0.325 e. The number of hydrogen-bond donors (Lipinski definition) is 2. The van der Waals surface area contributed by atoms with E-state index in [0.29, 0.717) is 11.7 Å². The molecule has 8 heteroatoms. The van der Waals surface area contributed by atoms with Crippen LogP contribution in [0.2, 0.25) is 0 Å². The topological polar surface area (TPSA) is 115 Å². The van der Waals surface area contributed by atoms with E-state index < -0.39 is 12.0 Å². The van der Waals surface area contributed by atoms with E-state index in [-0.39, 0.29) is 18.7 Å². The van der Waals surface area contributed by atoms with E-state index in [4.69, 9.17) is 14.4 Å². The van der Waals surface area contributed by atoms with Gasteiger partial charge < -0.3 is 19.7 Å². The molecule has 1 atom stereocenters. The fourth-order valence-corrected chi connectivity index (χ4v) is 1.81. The van der Waals surface area contributed by atoms with Gasteiger partial charge in [0.1, 0.15) is 11.8 Å². The van der Waals surface area contributed by atoms with Gasteiger partial charge in [0.15, 0.2) is 0 Å². The van der Waals surface area contributed by atoms with Gasteiger partial charge in [-0.1, -0.05) is 5.16 Å². The van der Waals surface area contributed by atoms with Crippen LogP contribution in [0, 0.1) is 0 Å². The van der Waals surface area contributed by atoms with Crippen LogP contribution in [0.4, 0.5) is 0 Å². The molecule has 0 unspecified atom stereocenters. The molecular weight excluding hydrogens is 302 g/mol. The van der Waals surface area contributed by atoms with Gasteiger partial charge in [0, 0.05) is 18.4 Å². The van der Waals surface area contributed by atoms with Gasteiger partial charge in [0.25, 0.3) is 0 Å². The number of carbonyl (C=O) groups excluding carboxylic acids is 1. The summed E-state index contributed by atoms with van der Waals surface area (Å²) in [5.41, 5.74) is 0.768. The van der Waals surface area contributed by atoms with Crippen LogP contribution in [0.1, 0.15) is 19.2 Å². The Labute approximate surface area is 132 Å². The second-order valence-electron chi connectivity index (χ2n) is 4.87. The van der Waals surface area contributed by atoms with Gasteiger partial charge in [0.05, 0.1) is 7.11 Å². The number of aryl methyl sites for hydroxylation is 1. The van der Waals surface area contributed by atoms with Crippen molar-refractivity contribution in [1.82, 2.24) is 15.5 Å². The summed E-state index contributed by atoms with van der Waals surface area (Å²) in [4.78, 5) is 26.5. The summed E-state index contributed by atoms with van der Waals surface area (Å²) in [7, 11) is 1.58. The van der Waals surface area contributed by atoms with E-state index in [2.05, 4.69) is 15.5 Å². The zero-order valence-electron chi connectivity index (χ0n) is 12.8. The third-order valence-electron chi connectivity index (χ3n) is 3.13. The first-order valence-electron chi connectivity index (χ1n) is 6.98. The normalized spacial score (nSPS) is 11.7. The van der Waals surface area contributed by atoms with E-state index in [1.54, 1.807) is 31.4 Å². The number of ether oxygens (including phenoxy) is 1. The monoisotopic (exact) mass is 319 g/mol. The fraction of sp³-hybridized carbons (Fsp3) is 0.333. The second kappa shape index (κ2) is 7.39. The fourth-order valence-electron chi connectivity index (χ4n) is 1.81. The van der Waals surface area contributed by atoms with Crippen molar-refractivity contribution in [3.05, 3.63) is 30.2 Å². The number of amides is 1. The van der Waals surface area contributed by atoms with E-state index in [0.717, 1.165) is 11.3 Å². The highest BCUT2D eigenvalue weighted by Crippen LogP contribution is 2.19.